The van der Waals surface area contributed by atoms with Crippen LogP contribution in [-0.2, 0) is 11.4 Å². The normalized spacial score (nSPS) is 15.2. The highest BCUT2D eigenvalue weighted by atomic mass is 35.5. The number of benzene rings is 2. The number of hydrogen-bond donors (Lipinski definition) is 0. The quantitative estimate of drug-likeness (QED) is 0.337. The molecule has 144 valence electrons. The van der Waals surface area contributed by atoms with Gasteiger partial charge in [0, 0.05) is 17.1 Å². The third-order valence-corrected chi connectivity index (χ3v) is 5.76. The second-order valence-corrected chi connectivity index (χ2v) is 7.95. The van der Waals surface area contributed by atoms with Crippen molar-refractivity contribution < 1.29 is 14.3 Å². The van der Waals surface area contributed by atoms with Crippen LogP contribution in [0.1, 0.15) is 11.1 Å². The Hall–Kier alpha value is -2.28. The summed E-state index contributed by atoms with van der Waals surface area (Å²) in [5.41, 5.74) is 1.71. The number of carbonyl (C=O) groups excluding carboxylic acids is 1. The van der Waals surface area contributed by atoms with Gasteiger partial charge in [0.25, 0.3) is 5.91 Å². The van der Waals surface area contributed by atoms with Crippen LogP contribution < -0.4 is 9.47 Å². The fourth-order valence-corrected chi connectivity index (χ4v) is 4.07. The smallest absolute Gasteiger partial charge is 0.266 e. The van der Waals surface area contributed by atoms with E-state index in [0.29, 0.717) is 38.9 Å². The molecule has 0 unspecified atom stereocenters. The zero-order valence-corrected chi connectivity index (χ0v) is 17.6. The summed E-state index contributed by atoms with van der Waals surface area (Å²) >= 11 is 12.7. The fraction of sp³-hybridized carbons (Fsp3) is 0.143. The summed E-state index contributed by atoms with van der Waals surface area (Å²) in [5.74, 6) is 1.05. The molecule has 3 rings (SSSR count). The van der Waals surface area contributed by atoms with Crippen molar-refractivity contribution in [2.75, 3.05) is 13.7 Å². The molecule has 28 heavy (non-hydrogen) atoms. The average molecular weight is 432 g/mol. The van der Waals surface area contributed by atoms with Crippen LogP contribution in [0.4, 0.5) is 0 Å². The van der Waals surface area contributed by atoms with Gasteiger partial charge in [0.15, 0.2) is 11.5 Å². The molecule has 0 bridgehead atoms. The van der Waals surface area contributed by atoms with Gasteiger partial charge in [-0.3, -0.25) is 9.69 Å². The topological polar surface area (TPSA) is 38.8 Å². The van der Waals surface area contributed by atoms with Gasteiger partial charge >= 0.3 is 0 Å². The minimum absolute atomic E-state index is 0.118. The third kappa shape index (κ3) is 4.58. The molecule has 1 aliphatic heterocycles. The highest BCUT2D eigenvalue weighted by Gasteiger charge is 2.30. The maximum absolute atomic E-state index is 12.5. The van der Waals surface area contributed by atoms with Crippen molar-refractivity contribution >= 4 is 51.9 Å². The molecule has 4 nitrogen and oxygen atoms in total. The Kier molecular flexibility index (Phi) is 6.78. The van der Waals surface area contributed by atoms with Crippen LogP contribution in [0.2, 0.25) is 5.02 Å². The largest absolute Gasteiger partial charge is 0.493 e. The van der Waals surface area contributed by atoms with E-state index in [4.69, 9.17) is 33.3 Å². The molecule has 0 aliphatic carbocycles. The lowest BCUT2D eigenvalue weighted by molar-refractivity contribution is -0.121. The molecule has 2 aromatic rings. The molecule has 1 heterocycles. The molecular weight excluding hydrogens is 414 g/mol. The molecule has 1 aliphatic rings. The van der Waals surface area contributed by atoms with Gasteiger partial charge in [0.05, 0.1) is 12.0 Å². The standard InChI is InChI=1S/C21H18ClNO3S2/c1-3-10-23-20(24)19(28-21(23)27)12-14-8-9-17(18(11-14)25-2)26-13-15-6-4-5-7-16(15)22/h3-9,11-12H,1,10,13H2,2H3/b19-12+. The Morgan fingerprint density at radius 3 is 2.75 bits per heavy atom. The van der Waals surface area contributed by atoms with Crippen molar-refractivity contribution in [3.63, 3.8) is 0 Å². The number of carbonyl (C=O) groups is 1. The molecule has 0 spiro atoms. The average Bonchev–Trinajstić information content (AvgIpc) is 2.95. The zero-order chi connectivity index (χ0) is 20.1. The van der Waals surface area contributed by atoms with Gasteiger partial charge in [-0.1, -0.05) is 65.9 Å². The third-order valence-electron chi connectivity index (χ3n) is 4.01. The van der Waals surface area contributed by atoms with E-state index in [2.05, 4.69) is 6.58 Å². The van der Waals surface area contributed by atoms with Crippen molar-refractivity contribution in [2.24, 2.45) is 0 Å². The summed E-state index contributed by atoms with van der Waals surface area (Å²) in [6.45, 7) is 4.39. The maximum Gasteiger partial charge on any atom is 0.266 e. The summed E-state index contributed by atoms with van der Waals surface area (Å²) in [5, 5.41) is 0.652. The predicted octanol–water partition coefficient (Wildman–Crippen LogP) is 5.31. The van der Waals surface area contributed by atoms with Gasteiger partial charge in [0.1, 0.15) is 10.9 Å². The van der Waals surface area contributed by atoms with Crippen molar-refractivity contribution in [1.82, 2.24) is 4.90 Å². The minimum atomic E-state index is -0.118. The van der Waals surface area contributed by atoms with E-state index in [1.165, 1.54) is 16.7 Å². The molecule has 1 amide bonds. The van der Waals surface area contributed by atoms with E-state index in [1.807, 2.05) is 42.5 Å². The summed E-state index contributed by atoms with van der Waals surface area (Å²) in [7, 11) is 1.57. The van der Waals surface area contributed by atoms with E-state index in [1.54, 1.807) is 19.3 Å². The first-order valence-electron chi connectivity index (χ1n) is 8.44. The van der Waals surface area contributed by atoms with Gasteiger partial charge in [-0.25, -0.2) is 0 Å². The number of rotatable bonds is 7. The van der Waals surface area contributed by atoms with E-state index in [0.717, 1.165) is 11.1 Å². The Labute approximate surface area is 178 Å². The summed E-state index contributed by atoms with van der Waals surface area (Å²) in [6.07, 6.45) is 3.45. The van der Waals surface area contributed by atoms with Crippen molar-refractivity contribution in [1.29, 1.82) is 0 Å². The Morgan fingerprint density at radius 2 is 2.04 bits per heavy atom. The number of thiocarbonyl (C=S) groups is 1. The van der Waals surface area contributed by atoms with E-state index < -0.39 is 0 Å². The zero-order valence-electron chi connectivity index (χ0n) is 15.2. The lowest BCUT2D eigenvalue weighted by Crippen LogP contribution is -2.27. The van der Waals surface area contributed by atoms with Gasteiger partial charge in [0.2, 0.25) is 0 Å². The first kappa shape index (κ1) is 20.5. The number of amides is 1. The Balaban J connectivity index is 1.78. The van der Waals surface area contributed by atoms with E-state index in [9.17, 15) is 4.79 Å². The van der Waals surface area contributed by atoms with Crippen LogP contribution >= 0.6 is 35.6 Å². The number of nitrogens with zero attached hydrogens (tertiary/aromatic N) is 1. The van der Waals surface area contributed by atoms with Crippen molar-refractivity contribution in [2.45, 2.75) is 6.61 Å². The summed E-state index contributed by atoms with van der Waals surface area (Å²) in [6, 6.07) is 13.0. The summed E-state index contributed by atoms with van der Waals surface area (Å²) in [4.78, 5) is 14.5. The van der Waals surface area contributed by atoms with E-state index >= 15 is 0 Å². The molecule has 7 heteroatoms. The monoisotopic (exact) mass is 431 g/mol. The SMILES string of the molecule is C=CCN1C(=O)/C(=C\c2ccc(OCc3ccccc3Cl)c(OC)c2)SC1=S. The first-order valence-corrected chi connectivity index (χ1v) is 10.0. The Bertz CT molecular complexity index is 958. The lowest BCUT2D eigenvalue weighted by atomic mass is 10.1. The number of hydrogen-bond acceptors (Lipinski definition) is 5. The van der Waals surface area contributed by atoms with Gasteiger partial charge < -0.3 is 9.47 Å². The highest BCUT2D eigenvalue weighted by molar-refractivity contribution is 8.26. The number of thioether (sulfide) groups is 1. The van der Waals surface area contributed by atoms with Gasteiger partial charge in [-0.2, -0.15) is 0 Å². The number of methoxy groups -OCH3 is 1. The molecule has 2 aromatic carbocycles. The molecule has 0 N–H and O–H groups in total. The molecule has 0 atom stereocenters. The van der Waals surface area contributed by atoms with Gasteiger partial charge in [-0.05, 0) is 29.8 Å². The fourth-order valence-electron chi connectivity index (χ4n) is 2.60. The van der Waals surface area contributed by atoms with Crippen molar-refractivity contribution in [3.05, 3.63) is 76.2 Å². The molecular formula is C21H18ClNO3S2. The Morgan fingerprint density at radius 1 is 1.25 bits per heavy atom. The lowest BCUT2D eigenvalue weighted by Gasteiger charge is -2.12. The molecule has 1 fully saturated rings. The highest BCUT2D eigenvalue weighted by Crippen LogP contribution is 2.35. The predicted molar refractivity (Wildman–Crippen MR) is 119 cm³/mol. The second-order valence-electron chi connectivity index (χ2n) is 5.87. The maximum atomic E-state index is 12.5. The number of ether oxygens (including phenoxy) is 2. The van der Waals surface area contributed by atoms with E-state index in [-0.39, 0.29) is 5.91 Å². The summed E-state index contributed by atoms with van der Waals surface area (Å²) < 4.78 is 11.8. The van der Waals surface area contributed by atoms with Gasteiger partial charge in [-0.15, -0.1) is 6.58 Å². The number of halogens is 1. The molecule has 0 radical (unpaired) electrons. The van der Waals surface area contributed by atoms with Crippen LogP contribution in [0.5, 0.6) is 11.5 Å². The molecule has 0 saturated carbocycles. The molecule has 0 aromatic heterocycles. The van der Waals surface area contributed by atoms with Crippen LogP contribution in [0.3, 0.4) is 0 Å². The van der Waals surface area contributed by atoms with Crippen molar-refractivity contribution in [3.8, 4) is 11.5 Å². The first-order chi connectivity index (χ1) is 13.5. The second kappa shape index (κ2) is 9.28. The van der Waals surface area contributed by atoms with Crippen LogP contribution in [0.15, 0.2) is 60.0 Å². The van der Waals surface area contributed by atoms with Crippen LogP contribution in [0, 0.1) is 0 Å². The molecule has 1 saturated heterocycles. The van der Waals surface area contributed by atoms with Crippen LogP contribution in [-0.4, -0.2) is 28.8 Å². The van der Waals surface area contributed by atoms with Crippen LogP contribution in [0.25, 0.3) is 6.08 Å². The minimum Gasteiger partial charge on any atom is -0.493 e.